The van der Waals surface area contributed by atoms with Gasteiger partial charge in [-0.3, -0.25) is 9.59 Å². The highest BCUT2D eigenvalue weighted by Gasteiger charge is 2.41. The van der Waals surface area contributed by atoms with E-state index in [1.165, 1.54) is 17.0 Å². The van der Waals surface area contributed by atoms with Crippen molar-refractivity contribution in [2.24, 2.45) is 0 Å². The van der Waals surface area contributed by atoms with E-state index in [4.69, 9.17) is 4.74 Å². The Morgan fingerprint density at radius 2 is 1.96 bits per heavy atom. The highest BCUT2D eigenvalue weighted by molar-refractivity contribution is 7.90. The minimum atomic E-state index is -3.93. The minimum Gasteiger partial charge on any atom is -0.370 e. The molecular formula is C16H22N3O5S+. The highest BCUT2D eigenvalue weighted by Crippen LogP contribution is 2.29. The monoisotopic (exact) mass is 368 g/mol. The summed E-state index contributed by atoms with van der Waals surface area (Å²) < 4.78 is 30.7. The van der Waals surface area contributed by atoms with Crippen LogP contribution in [0.4, 0.5) is 0 Å². The Morgan fingerprint density at radius 1 is 1.24 bits per heavy atom. The molecule has 2 aliphatic rings. The van der Waals surface area contributed by atoms with Gasteiger partial charge in [-0.25, -0.2) is 12.7 Å². The Morgan fingerprint density at radius 3 is 2.68 bits per heavy atom. The summed E-state index contributed by atoms with van der Waals surface area (Å²) in [6, 6.07) is 5.99. The number of carbonyl (C=O) groups is 2. The van der Waals surface area contributed by atoms with Crippen molar-refractivity contribution in [1.82, 2.24) is 9.62 Å². The van der Waals surface area contributed by atoms with Crippen molar-refractivity contribution in [1.29, 1.82) is 0 Å². The van der Waals surface area contributed by atoms with E-state index in [0.717, 1.165) is 39.3 Å². The maximum Gasteiger partial charge on any atom is 0.269 e. The van der Waals surface area contributed by atoms with Crippen molar-refractivity contribution >= 4 is 21.8 Å². The van der Waals surface area contributed by atoms with E-state index in [1.807, 2.05) is 0 Å². The van der Waals surface area contributed by atoms with Crippen LogP contribution < -0.4 is 10.2 Å². The number of amides is 2. The number of nitrogens with one attached hydrogen (secondary N) is 2. The van der Waals surface area contributed by atoms with E-state index in [1.54, 1.807) is 12.1 Å². The van der Waals surface area contributed by atoms with Gasteiger partial charge in [-0.05, 0) is 12.1 Å². The first-order valence-corrected chi connectivity index (χ1v) is 9.78. The summed E-state index contributed by atoms with van der Waals surface area (Å²) in [5, 5.41) is 2.69. The van der Waals surface area contributed by atoms with Crippen LogP contribution in [0.2, 0.25) is 0 Å². The Kier molecular flexibility index (Phi) is 5.36. The van der Waals surface area contributed by atoms with Crippen molar-refractivity contribution in [3.8, 4) is 0 Å². The molecule has 2 amide bonds. The fourth-order valence-electron chi connectivity index (χ4n) is 3.05. The molecule has 136 valence electrons. The molecule has 1 saturated heterocycles. The third-order valence-corrected chi connectivity index (χ3v) is 6.22. The number of quaternary nitrogens is 1. The summed E-state index contributed by atoms with van der Waals surface area (Å²) >= 11 is 0. The summed E-state index contributed by atoms with van der Waals surface area (Å²) in [5.74, 6) is -1.12. The van der Waals surface area contributed by atoms with Crippen LogP contribution in [-0.2, 0) is 19.6 Å². The fraction of sp³-hybridized carbons (Fsp3) is 0.500. The van der Waals surface area contributed by atoms with Gasteiger partial charge in [0.05, 0.1) is 25.3 Å². The molecule has 0 radical (unpaired) electrons. The Balaban J connectivity index is 1.49. The number of rotatable bonds is 6. The average molecular weight is 368 g/mol. The van der Waals surface area contributed by atoms with Crippen LogP contribution >= 0.6 is 0 Å². The molecule has 1 fully saturated rings. The number of fused-ring (bicyclic) bond motifs is 1. The van der Waals surface area contributed by atoms with Gasteiger partial charge in [-0.15, -0.1) is 0 Å². The van der Waals surface area contributed by atoms with Crippen LogP contribution in [0.3, 0.4) is 0 Å². The standard InChI is InChI=1S/C16H21N3O5S/c20-15(17-6-3-7-18-8-10-24-11-9-18)12-19-16(21)13-4-1-2-5-14(13)25(19,22)23/h1-2,4-5H,3,6-12H2,(H,17,20)/p+1. The van der Waals surface area contributed by atoms with Gasteiger partial charge >= 0.3 is 0 Å². The first-order valence-electron chi connectivity index (χ1n) is 8.34. The van der Waals surface area contributed by atoms with Gasteiger partial charge in [0.1, 0.15) is 24.5 Å². The fourth-order valence-corrected chi connectivity index (χ4v) is 4.57. The summed E-state index contributed by atoms with van der Waals surface area (Å²) in [6.45, 7) is 4.35. The van der Waals surface area contributed by atoms with E-state index >= 15 is 0 Å². The van der Waals surface area contributed by atoms with Gasteiger partial charge in [0, 0.05) is 13.0 Å². The molecule has 1 aromatic rings. The third-order valence-electron chi connectivity index (χ3n) is 4.43. The molecule has 0 aliphatic carbocycles. The van der Waals surface area contributed by atoms with Gasteiger partial charge < -0.3 is 15.0 Å². The molecular weight excluding hydrogens is 346 g/mol. The van der Waals surface area contributed by atoms with Crippen LogP contribution in [0.1, 0.15) is 16.8 Å². The molecule has 0 aromatic heterocycles. The third kappa shape index (κ3) is 3.83. The second-order valence-electron chi connectivity index (χ2n) is 6.13. The molecule has 25 heavy (non-hydrogen) atoms. The lowest BCUT2D eigenvalue weighted by molar-refractivity contribution is -0.908. The maximum atomic E-state index is 12.4. The number of carbonyl (C=O) groups excluding carboxylic acids is 2. The van der Waals surface area contributed by atoms with Gasteiger partial charge in [0.25, 0.3) is 15.9 Å². The predicted molar refractivity (Wildman–Crippen MR) is 88.7 cm³/mol. The number of sulfonamides is 1. The number of hydrogen-bond acceptors (Lipinski definition) is 5. The number of ether oxygens (including phenoxy) is 1. The van der Waals surface area contributed by atoms with E-state index in [-0.39, 0.29) is 10.5 Å². The second kappa shape index (κ2) is 7.51. The molecule has 2 aliphatic heterocycles. The number of morpholine rings is 1. The van der Waals surface area contributed by atoms with Crippen LogP contribution in [0.5, 0.6) is 0 Å². The minimum absolute atomic E-state index is 0.0382. The molecule has 0 unspecified atom stereocenters. The Bertz CT molecular complexity index is 759. The summed E-state index contributed by atoms with van der Waals surface area (Å²) in [4.78, 5) is 25.7. The van der Waals surface area contributed by atoms with Crippen molar-refractivity contribution in [2.75, 3.05) is 45.9 Å². The Hall–Kier alpha value is -1.97. The molecule has 9 heteroatoms. The van der Waals surface area contributed by atoms with Crippen molar-refractivity contribution in [3.63, 3.8) is 0 Å². The molecule has 0 spiro atoms. The van der Waals surface area contributed by atoms with Crippen LogP contribution in [0.15, 0.2) is 29.2 Å². The SMILES string of the molecule is O=C(CN1C(=O)c2ccccc2S1(=O)=O)NCCC[NH+]1CCOCC1. The Labute approximate surface area is 146 Å². The topological polar surface area (TPSA) is 97.2 Å². The van der Waals surface area contributed by atoms with Crippen molar-refractivity contribution in [3.05, 3.63) is 29.8 Å². The van der Waals surface area contributed by atoms with Gasteiger partial charge in [-0.1, -0.05) is 12.1 Å². The zero-order valence-corrected chi connectivity index (χ0v) is 14.7. The zero-order valence-electron chi connectivity index (χ0n) is 13.9. The second-order valence-corrected chi connectivity index (χ2v) is 7.96. The maximum absolute atomic E-state index is 12.4. The van der Waals surface area contributed by atoms with E-state index in [0.29, 0.717) is 10.8 Å². The lowest BCUT2D eigenvalue weighted by Crippen LogP contribution is -3.14. The molecule has 8 nitrogen and oxygen atoms in total. The first kappa shape index (κ1) is 17.8. The lowest BCUT2D eigenvalue weighted by Gasteiger charge is -2.23. The predicted octanol–water partition coefficient (Wildman–Crippen LogP) is -1.75. The summed E-state index contributed by atoms with van der Waals surface area (Å²) in [6.07, 6.45) is 0.794. The van der Waals surface area contributed by atoms with Crippen LogP contribution in [-0.4, -0.2) is 70.5 Å². The molecule has 0 atom stereocenters. The molecule has 1 aromatic carbocycles. The average Bonchev–Trinajstić information content (AvgIpc) is 2.81. The number of benzene rings is 1. The molecule has 0 bridgehead atoms. The molecule has 0 saturated carbocycles. The van der Waals surface area contributed by atoms with Gasteiger partial charge in [-0.2, -0.15) is 0 Å². The highest BCUT2D eigenvalue weighted by atomic mass is 32.2. The largest absolute Gasteiger partial charge is 0.370 e. The van der Waals surface area contributed by atoms with Gasteiger partial charge in [0.15, 0.2) is 0 Å². The van der Waals surface area contributed by atoms with Crippen molar-refractivity contribution in [2.45, 2.75) is 11.3 Å². The van der Waals surface area contributed by atoms with Crippen molar-refractivity contribution < 1.29 is 27.6 Å². The first-order chi connectivity index (χ1) is 12.0. The normalized spacial score (nSPS) is 19.7. The molecule has 2 N–H and O–H groups in total. The summed E-state index contributed by atoms with van der Waals surface area (Å²) in [7, 11) is -3.93. The van der Waals surface area contributed by atoms with Crippen LogP contribution in [0.25, 0.3) is 0 Å². The van der Waals surface area contributed by atoms with E-state index < -0.39 is 28.4 Å². The quantitative estimate of drug-likeness (QED) is 0.581. The van der Waals surface area contributed by atoms with Crippen LogP contribution in [0, 0.1) is 0 Å². The smallest absolute Gasteiger partial charge is 0.269 e. The number of nitrogens with zero attached hydrogens (tertiary/aromatic N) is 1. The lowest BCUT2D eigenvalue weighted by atomic mass is 10.2. The van der Waals surface area contributed by atoms with E-state index in [9.17, 15) is 18.0 Å². The molecule has 3 rings (SSSR count). The number of hydrogen-bond donors (Lipinski definition) is 2. The summed E-state index contributed by atoms with van der Waals surface area (Å²) in [5.41, 5.74) is 0.117. The zero-order chi connectivity index (χ0) is 17.9. The molecule has 2 heterocycles. The van der Waals surface area contributed by atoms with E-state index in [2.05, 4.69) is 5.32 Å². The van der Waals surface area contributed by atoms with Gasteiger partial charge in [0.2, 0.25) is 5.91 Å².